The minimum atomic E-state index is -0.780. The molecular weight excluding hydrogens is 420 g/mol. The lowest BCUT2D eigenvalue weighted by Crippen LogP contribution is -2.45. The largest absolute Gasteiger partial charge is 0.444 e. The van der Waals surface area contributed by atoms with Crippen molar-refractivity contribution in [2.75, 3.05) is 5.32 Å². The Hall–Kier alpha value is -3.60. The Morgan fingerprint density at radius 2 is 1.82 bits per heavy atom. The molecule has 33 heavy (non-hydrogen) atoms. The first-order chi connectivity index (χ1) is 15.3. The first-order valence-corrected chi connectivity index (χ1v) is 10.8. The lowest BCUT2D eigenvalue weighted by Gasteiger charge is -2.23. The normalized spacial score (nSPS) is 12.3. The van der Waals surface area contributed by atoms with E-state index in [0.717, 1.165) is 5.56 Å². The van der Waals surface area contributed by atoms with Crippen LogP contribution in [0.2, 0.25) is 0 Å². The fourth-order valence-corrected chi connectivity index (χ4v) is 2.94. The van der Waals surface area contributed by atoms with Crippen LogP contribution in [0.3, 0.4) is 0 Å². The van der Waals surface area contributed by atoms with Gasteiger partial charge in [-0.1, -0.05) is 33.8 Å². The summed E-state index contributed by atoms with van der Waals surface area (Å²) in [6, 6.07) is 11.6. The number of aromatic nitrogens is 1. The molecule has 176 valence electrons. The zero-order chi connectivity index (χ0) is 24.8. The molecule has 2 amide bonds. The molecule has 8 nitrogen and oxygen atoms in total. The maximum Gasteiger partial charge on any atom is 0.408 e. The van der Waals surface area contributed by atoms with Crippen molar-refractivity contribution >= 4 is 17.8 Å². The van der Waals surface area contributed by atoms with Gasteiger partial charge in [-0.2, -0.15) is 10.2 Å². The van der Waals surface area contributed by atoms with Crippen molar-refractivity contribution in [3.8, 4) is 17.7 Å². The highest BCUT2D eigenvalue weighted by Gasteiger charge is 2.24. The van der Waals surface area contributed by atoms with Gasteiger partial charge in [0.25, 0.3) is 0 Å². The Labute approximate surface area is 195 Å². The lowest BCUT2D eigenvalue weighted by atomic mass is 9.85. The van der Waals surface area contributed by atoms with Gasteiger partial charge >= 0.3 is 6.09 Å². The van der Waals surface area contributed by atoms with Crippen LogP contribution in [-0.4, -0.2) is 28.6 Å². The van der Waals surface area contributed by atoms with Crippen molar-refractivity contribution in [1.29, 1.82) is 5.26 Å². The molecular formula is C25H32N4O4. The van der Waals surface area contributed by atoms with Gasteiger partial charge in [-0.3, -0.25) is 4.79 Å². The average Bonchev–Trinajstić information content (AvgIpc) is 2.70. The molecule has 8 heteroatoms. The SMILES string of the molecule is CC[C@@H](NC(=O)OC(C)(C)C)C(=O)Nc1cccc(Oc2ccc(C#N)cc2C(C)(C)C)n1. The van der Waals surface area contributed by atoms with E-state index in [1.165, 1.54) is 0 Å². The maximum absolute atomic E-state index is 12.7. The van der Waals surface area contributed by atoms with Gasteiger partial charge in [0.15, 0.2) is 0 Å². The van der Waals surface area contributed by atoms with Gasteiger partial charge in [0.2, 0.25) is 11.8 Å². The number of nitriles is 1. The molecule has 2 aromatic rings. The second-order valence-electron chi connectivity index (χ2n) is 9.63. The number of nitrogens with one attached hydrogen (secondary N) is 2. The van der Waals surface area contributed by atoms with Gasteiger partial charge in [0.05, 0.1) is 11.6 Å². The molecule has 1 heterocycles. The predicted octanol–water partition coefficient (Wildman–Crippen LogP) is 5.28. The number of carbonyl (C=O) groups excluding carboxylic acids is 2. The van der Waals surface area contributed by atoms with Crippen molar-refractivity contribution in [3.63, 3.8) is 0 Å². The Bertz CT molecular complexity index is 1050. The van der Waals surface area contributed by atoms with E-state index in [0.29, 0.717) is 17.7 Å². The summed E-state index contributed by atoms with van der Waals surface area (Å²) >= 11 is 0. The van der Waals surface area contributed by atoms with Crippen LogP contribution in [0.15, 0.2) is 36.4 Å². The summed E-state index contributed by atoms with van der Waals surface area (Å²) in [6.45, 7) is 13.1. The highest BCUT2D eigenvalue weighted by Crippen LogP contribution is 2.34. The molecule has 0 saturated carbocycles. The van der Waals surface area contributed by atoms with Gasteiger partial charge < -0.3 is 20.1 Å². The number of amides is 2. The third-order valence-corrected chi connectivity index (χ3v) is 4.52. The molecule has 0 bridgehead atoms. The van der Waals surface area contributed by atoms with Crippen LogP contribution >= 0.6 is 0 Å². The van der Waals surface area contributed by atoms with Gasteiger partial charge in [-0.15, -0.1) is 0 Å². The minimum absolute atomic E-state index is 0.254. The molecule has 0 aliphatic rings. The summed E-state index contributed by atoms with van der Waals surface area (Å²) in [4.78, 5) is 29.1. The predicted molar refractivity (Wildman–Crippen MR) is 126 cm³/mol. The highest BCUT2D eigenvalue weighted by molar-refractivity contribution is 5.95. The number of pyridine rings is 1. The van der Waals surface area contributed by atoms with Crippen LogP contribution in [0.1, 0.15) is 66.0 Å². The van der Waals surface area contributed by atoms with Crippen LogP contribution < -0.4 is 15.4 Å². The summed E-state index contributed by atoms with van der Waals surface area (Å²) in [5, 5.41) is 14.5. The Kier molecular flexibility index (Phi) is 8.04. The number of hydrogen-bond acceptors (Lipinski definition) is 6. The summed E-state index contributed by atoms with van der Waals surface area (Å²) in [5.41, 5.74) is 0.494. The lowest BCUT2D eigenvalue weighted by molar-refractivity contribution is -0.118. The molecule has 0 unspecified atom stereocenters. The molecule has 0 radical (unpaired) electrons. The third-order valence-electron chi connectivity index (χ3n) is 4.52. The summed E-state index contributed by atoms with van der Waals surface area (Å²) in [6.07, 6.45) is -0.286. The summed E-state index contributed by atoms with van der Waals surface area (Å²) < 4.78 is 11.2. The van der Waals surface area contributed by atoms with Crippen LogP contribution in [0.25, 0.3) is 0 Å². The van der Waals surface area contributed by atoms with E-state index in [-0.39, 0.29) is 17.1 Å². The van der Waals surface area contributed by atoms with Gasteiger partial charge in [-0.25, -0.2) is 4.79 Å². The summed E-state index contributed by atoms with van der Waals surface area (Å²) in [7, 11) is 0. The molecule has 2 rings (SSSR count). The van der Waals surface area contributed by atoms with Gasteiger partial charge in [-0.05, 0) is 56.9 Å². The molecule has 1 aromatic carbocycles. The van der Waals surface area contributed by atoms with E-state index in [2.05, 4.69) is 21.7 Å². The van der Waals surface area contributed by atoms with E-state index in [1.807, 2.05) is 20.8 Å². The maximum atomic E-state index is 12.7. The van der Waals surface area contributed by atoms with Gasteiger partial charge in [0.1, 0.15) is 23.2 Å². The van der Waals surface area contributed by atoms with Crippen LogP contribution in [0, 0.1) is 11.3 Å². The number of ether oxygens (including phenoxy) is 2. The first kappa shape index (κ1) is 25.7. The quantitative estimate of drug-likeness (QED) is 0.616. The van der Waals surface area contributed by atoms with Crippen LogP contribution in [-0.2, 0) is 14.9 Å². The number of carbonyl (C=O) groups is 2. The molecule has 0 aliphatic carbocycles. The zero-order valence-corrected chi connectivity index (χ0v) is 20.3. The third kappa shape index (κ3) is 7.79. The number of rotatable bonds is 6. The number of benzene rings is 1. The second-order valence-corrected chi connectivity index (χ2v) is 9.63. The molecule has 1 aromatic heterocycles. The minimum Gasteiger partial charge on any atom is -0.444 e. The standard InChI is InChI=1S/C25H32N4O4/c1-8-18(27-23(31)33-25(5,6)7)22(30)29-20-10-9-11-21(28-20)32-19-13-12-16(15-26)14-17(19)24(2,3)4/h9-14,18H,8H2,1-7H3,(H,27,31)(H,28,29,30)/t18-/m1/s1. The van der Waals surface area contributed by atoms with Crippen molar-refractivity contribution in [2.24, 2.45) is 0 Å². The first-order valence-electron chi connectivity index (χ1n) is 10.8. The van der Waals surface area contributed by atoms with Gasteiger partial charge in [0, 0.05) is 11.6 Å². The Balaban J connectivity index is 2.16. The van der Waals surface area contributed by atoms with Crippen molar-refractivity contribution in [3.05, 3.63) is 47.5 Å². The van der Waals surface area contributed by atoms with E-state index in [1.54, 1.807) is 64.1 Å². The fraction of sp³-hybridized carbons (Fsp3) is 0.440. The Morgan fingerprint density at radius 3 is 2.39 bits per heavy atom. The van der Waals surface area contributed by atoms with E-state index >= 15 is 0 Å². The van der Waals surface area contributed by atoms with Crippen molar-refractivity contribution < 1.29 is 19.1 Å². The average molecular weight is 453 g/mol. The van der Waals surface area contributed by atoms with E-state index < -0.39 is 23.6 Å². The Morgan fingerprint density at radius 1 is 1.12 bits per heavy atom. The van der Waals surface area contributed by atoms with Crippen LogP contribution in [0.4, 0.5) is 10.6 Å². The highest BCUT2D eigenvalue weighted by atomic mass is 16.6. The second kappa shape index (κ2) is 10.3. The molecule has 0 aliphatic heterocycles. The topological polar surface area (TPSA) is 113 Å². The van der Waals surface area contributed by atoms with Crippen LogP contribution in [0.5, 0.6) is 11.6 Å². The number of nitrogens with zero attached hydrogens (tertiary/aromatic N) is 2. The van der Waals surface area contributed by atoms with Crippen molar-refractivity contribution in [1.82, 2.24) is 10.3 Å². The summed E-state index contributed by atoms with van der Waals surface area (Å²) in [5.74, 6) is 0.737. The number of alkyl carbamates (subject to hydrolysis) is 1. The molecule has 0 spiro atoms. The van der Waals surface area contributed by atoms with Crippen molar-refractivity contribution in [2.45, 2.75) is 71.9 Å². The number of anilines is 1. The molecule has 2 N–H and O–H groups in total. The van der Waals surface area contributed by atoms with E-state index in [9.17, 15) is 14.9 Å². The molecule has 1 atom stereocenters. The molecule has 0 fully saturated rings. The zero-order valence-electron chi connectivity index (χ0n) is 20.3. The number of hydrogen-bond donors (Lipinski definition) is 2. The molecule has 0 saturated heterocycles. The smallest absolute Gasteiger partial charge is 0.408 e. The fourth-order valence-electron chi connectivity index (χ4n) is 2.94. The van der Waals surface area contributed by atoms with E-state index in [4.69, 9.17) is 9.47 Å². The monoisotopic (exact) mass is 452 g/mol.